The van der Waals surface area contributed by atoms with Crippen molar-refractivity contribution in [1.82, 2.24) is 25.3 Å². The Balaban J connectivity index is 1.50. The lowest BCUT2D eigenvalue weighted by atomic mass is 10.1. The standard InChI is InChI=1S/C29H26N8O7/c30-34-23(13-31-17-5-7-19(28(41)42)25(38)11-17)21-9-15(27(40)32-16-3-1-2-4-16)10-22(33-21)24-14-37(36-35-24)18-6-8-20(29(43)44)26(39)12-18/h5-14,16,30-31,38-39H,1-4H2,(H,32,40)(H,41,42)(H,43,44)/b23-13-,34-30?. The van der Waals surface area contributed by atoms with Crippen molar-refractivity contribution < 1.29 is 34.8 Å². The number of carbonyl (C=O) groups excluding carboxylic acids is 1. The van der Waals surface area contributed by atoms with Crippen molar-refractivity contribution in [3.05, 3.63) is 83.3 Å². The molecular weight excluding hydrogens is 572 g/mol. The van der Waals surface area contributed by atoms with Gasteiger partial charge in [-0.3, -0.25) is 4.79 Å². The normalized spacial score (nSPS) is 13.4. The van der Waals surface area contributed by atoms with E-state index in [1.165, 1.54) is 65.6 Å². The van der Waals surface area contributed by atoms with Gasteiger partial charge in [0, 0.05) is 35.6 Å². The number of carbonyl (C=O) groups is 3. The number of anilines is 1. The number of pyridine rings is 1. The van der Waals surface area contributed by atoms with Gasteiger partial charge in [-0.05, 0) is 49.2 Å². The van der Waals surface area contributed by atoms with E-state index in [0.717, 1.165) is 25.7 Å². The van der Waals surface area contributed by atoms with E-state index in [1.807, 2.05) is 0 Å². The Morgan fingerprint density at radius 3 is 2.25 bits per heavy atom. The summed E-state index contributed by atoms with van der Waals surface area (Å²) in [4.78, 5) is 40.2. The molecule has 1 fully saturated rings. The molecule has 0 aliphatic heterocycles. The van der Waals surface area contributed by atoms with E-state index in [-0.39, 0.29) is 51.4 Å². The van der Waals surface area contributed by atoms with Crippen molar-refractivity contribution in [1.29, 1.82) is 5.53 Å². The molecule has 15 heteroatoms. The number of carboxylic acid groups (broad SMARTS) is 2. The fourth-order valence-corrected chi connectivity index (χ4v) is 4.73. The summed E-state index contributed by atoms with van der Waals surface area (Å²) in [6.45, 7) is 0. The summed E-state index contributed by atoms with van der Waals surface area (Å²) in [6, 6.07) is 10.7. The molecule has 4 aromatic rings. The number of amides is 1. The van der Waals surface area contributed by atoms with Crippen LogP contribution in [0.2, 0.25) is 0 Å². The predicted octanol–water partition coefficient (Wildman–Crippen LogP) is 4.25. The number of phenols is 2. The molecule has 5 rings (SSSR count). The second-order valence-electron chi connectivity index (χ2n) is 9.96. The van der Waals surface area contributed by atoms with Gasteiger partial charge in [-0.15, -0.1) is 5.10 Å². The summed E-state index contributed by atoms with van der Waals surface area (Å²) in [6.07, 6.45) is 6.56. The average Bonchev–Trinajstić information content (AvgIpc) is 3.70. The average molecular weight is 599 g/mol. The molecule has 224 valence electrons. The van der Waals surface area contributed by atoms with Gasteiger partial charge >= 0.3 is 11.9 Å². The molecule has 2 aromatic carbocycles. The molecule has 2 heterocycles. The zero-order chi connectivity index (χ0) is 31.4. The van der Waals surface area contributed by atoms with E-state index in [4.69, 9.17) is 10.6 Å². The van der Waals surface area contributed by atoms with Crippen LogP contribution in [0, 0.1) is 5.53 Å². The minimum Gasteiger partial charge on any atom is -0.507 e. The van der Waals surface area contributed by atoms with Crippen LogP contribution < -0.4 is 10.6 Å². The molecule has 1 amide bonds. The SMILES string of the molecule is N=N/C(=C\Nc1ccc(C(=O)O)c(O)c1)c1cc(C(=O)NC2CCCC2)cc(-c2cn(-c3ccc(C(=O)O)c(O)c3)nn2)n1. The number of nitrogens with one attached hydrogen (secondary N) is 3. The highest BCUT2D eigenvalue weighted by molar-refractivity contribution is 5.96. The van der Waals surface area contributed by atoms with Crippen LogP contribution in [0.5, 0.6) is 11.5 Å². The number of hydrogen-bond acceptors (Lipinski definition) is 11. The van der Waals surface area contributed by atoms with E-state index < -0.39 is 23.4 Å². The van der Waals surface area contributed by atoms with Crippen LogP contribution >= 0.6 is 0 Å². The number of carboxylic acids is 2. The van der Waals surface area contributed by atoms with E-state index in [9.17, 15) is 29.7 Å². The molecular formula is C29H26N8O7. The number of hydrogen-bond donors (Lipinski definition) is 7. The maximum absolute atomic E-state index is 13.3. The van der Waals surface area contributed by atoms with Gasteiger partial charge in [0.15, 0.2) is 0 Å². The lowest BCUT2D eigenvalue weighted by molar-refractivity contribution is 0.0682. The smallest absolute Gasteiger partial charge is 0.339 e. The zero-order valence-corrected chi connectivity index (χ0v) is 22.9. The fraction of sp³-hybridized carbons (Fsp3) is 0.172. The van der Waals surface area contributed by atoms with Crippen molar-refractivity contribution >= 4 is 29.2 Å². The van der Waals surface area contributed by atoms with Crippen LogP contribution in [-0.4, -0.2) is 64.3 Å². The highest BCUT2D eigenvalue weighted by atomic mass is 16.4. The molecule has 0 bridgehead atoms. The number of rotatable bonds is 10. The van der Waals surface area contributed by atoms with Crippen LogP contribution in [0.1, 0.15) is 62.5 Å². The summed E-state index contributed by atoms with van der Waals surface area (Å²) < 4.78 is 1.30. The largest absolute Gasteiger partial charge is 0.507 e. The van der Waals surface area contributed by atoms with E-state index in [1.54, 1.807) is 0 Å². The topological polar surface area (TPSA) is 236 Å². The Bertz CT molecular complexity index is 1810. The van der Waals surface area contributed by atoms with Crippen LogP contribution in [-0.2, 0) is 0 Å². The van der Waals surface area contributed by atoms with E-state index in [2.05, 4.69) is 31.0 Å². The van der Waals surface area contributed by atoms with Crippen molar-refractivity contribution in [2.75, 3.05) is 5.32 Å². The minimum atomic E-state index is -1.29. The quantitative estimate of drug-likeness (QED) is 0.127. The molecule has 1 aliphatic carbocycles. The van der Waals surface area contributed by atoms with Gasteiger partial charge < -0.3 is 31.1 Å². The molecule has 0 saturated heterocycles. The third-order valence-corrected chi connectivity index (χ3v) is 7.00. The lowest BCUT2D eigenvalue weighted by Gasteiger charge is -2.13. The number of aromatic hydroxyl groups is 2. The Labute approximate surface area is 249 Å². The van der Waals surface area contributed by atoms with Crippen LogP contribution in [0.15, 0.2) is 66.0 Å². The van der Waals surface area contributed by atoms with E-state index >= 15 is 0 Å². The number of aromatic nitrogens is 4. The van der Waals surface area contributed by atoms with Crippen molar-refractivity contribution in [2.24, 2.45) is 5.11 Å². The molecule has 2 aromatic heterocycles. The number of nitrogens with zero attached hydrogens (tertiary/aromatic N) is 5. The van der Waals surface area contributed by atoms with Gasteiger partial charge in [0.2, 0.25) is 0 Å². The second-order valence-corrected chi connectivity index (χ2v) is 9.96. The summed E-state index contributed by atoms with van der Waals surface area (Å²) in [5.41, 5.74) is 8.66. The minimum absolute atomic E-state index is 0.00476. The molecule has 15 nitrogen and oxygen atoms in total. The zero-order valence-electron chi connectivity index (χ0n) is 22.9. The van der Waals surface area contributed by atoms with Crippen molar-refractivity contribution in [2.45, 2.75) is 31.7 Å². The van der Waals surface area contributed by atoms with Crippen molar-refractivity contribution in [3.8, 4) is 28.6 Å². The second kappa shape index (κ2) is 12.4. The third-order valence-electron chi connectivity index (χ3n) is 7.00. The van der Waals surface area contributed by atoms with Gasteiger partial charge in [0.1, 0.15) is 34.0 Å². The summed E-state index contributed by atoms with van der Waals surface area (Å²) >= 11 is 0. The first-order valence-corrected chi connectivity index (χ1v) is 13.4. The summed E-state index contributed by atoms with van der Waals surface area (Å²) in [5.74, 6) is -3.84. The molecule has 0 atom stereocenters. The first-order valence-electron chi connectivity index (χ1n) is 13.4. The van der Waals surface area contributed by atoms with Gasteiger partial charge in [-0.25, -0.2) is 24.8 Å². The molecule has 7 N–H and O–H groups in total. The Hall–Kier alpha value is -6.12. The molecule has 0 spiro atoms. The van der Waals surface area contributed by atoms with Crippen LogP contribution in [0.3, 0.4) is 0 Å². The van der Waals surface area contributed by atoms with E-state index in [0.29, 0.717) is 11.4 Å². The van der Waals surface area contributed by atoms with Gasteiger partial charge in [0.05, 0.1) is 23.3 Å². The highest BCUT2D eigenvalue weighted by Crippen LogP contribution is 2.27. The first-order chi connectivity index (χ1) is 21.1. The summed E-state index contributed by atoms with van der Waals surface area (Å²) in [7, 11) is 0. The number of aromatic carboxylic acids is 2. The van der Waals surface area contributed by atoms with Crippen LogP contribution in [0.4, 0.5) is 5.69 Å². The highest BCUT2D eigenvalue weighted by Gasteiger charge is 2.21. The molecule has 1 aliphatic rings. The van der Waals surface area contributed by atoms with Gasteiger partial charge in [-0.1, -0.05) is 18.1 Å². The maximum Gasteiger partial charge on any atom is 0.339 e. The molecule has 1 saturated carbocycles. The lowest BCUT2D eigenvalue weighted by Crippen LogP contribution is -2.32. The summed E-state index contributed by atoms with van der Waals surface area (Å²) in [5, 5.41) is 56.0. The Morgan fingerprint density at radius 2 is 1.61 bits per heavy atom. The Morgan fingerprint density at radius 1 is 0.932 bits per heavy atom. The monoisotopic (exact) mass is 598 g/mol. The first kappa shape index (κ1) is 29.4. The van der Waals surface area contributed by atoms with Gasteiger partial charge in [-0.2, -0.15) is 5.11 Å². The van der Waals surface area contributed by atoms with Crippen molar-refractivity contribution in [3.63, 3.8) is 0 Å². The fourth-order valence-electron chi connectivity index (χ4n) is 4.73. The van der Waals surface area contributed by atoms with Gasteiger partial charge in [0.25, 0.3) is 5.91 Å². The predicted molar refractivity (Wildman–Crippen MR) is 155 cm³/mol. The van der Waals surface area contributed by atoms with Crippen LogP contribution in [0.25, 0.3) is 22.8 Å². The molecule has 0 radical (unpaired) electrons. The maximum atomic E-state index is 13.3. The number of benzene rings is 2. The third kappa shape index (κ3) is 6.35. The molecule has 0 unspecified atom stereocenters. The molecule has 44 heavy (non-hydrogen) atoms. The Kier molecular flexibility index (Phi) is 8.28.